The number of nitrogens with zero attached hydrogens (tertiary/aromatic N) is 3. The van der Waals surface area contributed by atoms with Gasteiger partial charge in [0.25, 0.3) is 5.56 Å². The van der Waals surface area contributed by atoms with E-state index in [0.717, 1.165) is 25.7 Å². The largest absolute Gasteiger partial charge is 0.380 e. The molecule has 8 heteroatoms. The molecule has 1 aromatic carbocycles. The molecule has 2 aromatic rings. The second kappa shape index (κ2) is 9.02. The molecule has 0 amide bonds. The van der Waals surface area contributed by atoms with E-state index in [2.05, 4.69) is 9.88 Å². The van der Waals surface area contributed by atoms with Crippen molar-refractivity contribution in [2.75, 3.05) is 0 Å². The third-order valence-electron chi connectivity index (χ3n) is 7.92. The number of aromatic nitrogens is 2. The van der Waals surface area contributed by atoms with E-state index in [9.17, 15) is 19.1 Å². The molecule has 5 rings (SSSR count). The van der Waals surface area contributed by atoms with Crippen LogP contribution in [0.5, 0.6) is 0 Å². The summed E-state index contributed by atoms with van der Waals surface area (Å²) in [4.78, 5) is 39.8. The number of hydrogen-bond donors (Lipinski definition) is 2. The fourth-order valence-electron chi connectivity index (χ4n) is 6.62. The van der Waals surface area contributed by atoms with Crippen LogP contribution >= 0.6 is 7.60 Å². The van der Waals surface area contributed by atoms with Crippen LogP contribution in [0.4, 0.5) is 0 Å². The molecular weight excluding hydrogens is 425 g/mol. The molecule has 1 saturated carbocycles. The van der Waals surface area contributed by atoms with Gasteiger partial charge in [-0.15, -0.1) is 0 Å². The third kappa shape index (κ3) is 4.21. The third-order valence-corrected chi connectivity index (χ3v) is 8.76. The Morgan fingerprint density at radius 2 is 1.41 bits per heavy atom. The van der Waals surface area contributed by atoms with Gasteiger partial charge in [-0.05, 0) is 50.7 Å². The lowest BCUT2D eigenvalue weighted by Crippen LogP contribution is -2.57. The summed E-state index contributed by atoms with van der Waals surface area (Å²) in [5.41, 5.74) is -0.0986. The van der Waals surface area contributed by atoms with Gasteiger partial charge in [0.15, 0.2) is 0 Å². The van der Waals surface area contributed by atoms with Gasteiger partial charge in [0, 0.05) is 24.2 Å². The lowest BCUT2D eigenvalue weighted by molar-refractivity contribution is -0.0246. The highest BCUT2D eigenvalue weighted by Crippen LogP contribution is 2.43. The highest BCUT2D eigenvalue weighted by Gasteiger charge is 2.43. The summed E-state index contributed by atoms with van der Waals surface area (Å²) in [6, 6.07) is 8.70. The van der Waals surface area contributed by atoms with E-state index in [4.69, 9.17) is 0 Å². The summed E-state index contributed by atoms with van der Waals surface area (Å²) in [7, 11) is -4.76. The summed E-state index contributed by atoms with van der Waals surface area (Å²) in [6.07, 6.45) is 14.5. The zero-order valence-corrected chi connectivity index (χ0v) is 19.5. The summed E-state index contributed by atoms with van der Waals surface area (Å²) in [5.74, 6) is 0. The van der Waals surface area contributed by atoms with Crippen LogP contribution in [0.1, 0.15) is 83.1 Å². The molecule has 2 bridgehead atoms. The molecular formula is C24H34N3O4P. The van der Waals surface area contributed by atoms with Gasteiger partial charge in [-0.25, -0.2) is 4.98 Å². The van der Waals surface area contributed by atoms with E-state index in [0.29, 0.717) is 29.2 Å². The van der Waals surface area contributed by atoms with E-state index in [1.807, 2.05) is 12.1 Å². The number of piperidine rings is 2. The van der Waals surface area contributed by atoms with E-state index in [-0.39, 0.29) is 6.04 Å². The standard InChI is InChI=1S/C24H34N3O4P/c28-24-23(32(29,30)31)25-21-13-6-7-14-22(21)27(24)20-15-18-11-8-12-19(16-20)26(18)17-9-4-2-1-3-5-10-17/h6-7,13-14,17-20H,1-5,8-12,15-16H2,(H2,29,30,31)/t18-,19+,20?. The first-order chi connectivity index (χ1) is 15.4. The molecule has 3 heterocycles. The highest BCUT2D eigenvalue weighted by atomic mass is 31.2. The Bertz CT molecular complexity index is 1060. The van der Waals surface area contributed by atoms with Crippen LogP contribution in [0.15, 0.2) is 29.1 Å². The maximum absolute atomic E-state index is 13.3. The Balaban J connectivity index is 1.52. The molecule has 0 spiro atoms. The van der Waals surface area contributed by atoms with E-state index >= 15 is 0 Å². The van der Waals surface area contributed by atoms with Crippen LogP contribution in [0.25, 0.3) is 11.0 Å². The van der Waals surface area contributed by atoms with Crippen molar-refractivity contribution in [3.63, 3.8) is 0 Å². The molecule has 174 valence electrons. The van der Waals surface area contributed by atoms with Gasteiger partial charge in [0.2, 0.25) is 5.44 Å². The van der Waals surface area contributed by atoms with Crippen molar-refractivity contribution < 1.29 is 14.4 Å². The molecule has 32 heavy (non-hydrogen) atoms. The maximum Gasteiger partial charge on any atom is 0.380 e. The van der Waals surface area contributed by atoms with Gasteiger partial charge in [0.05, 0.1) is 11.0 Å². The van der Waals surface area contributed by atoms with E-state index in [1.54, 1.807) is 16.7 Å². The fourth-order valence-corrected chi connectivity index (χ4v) is 7.22. The molecule has 2 aliphatic heterocycles. The van der Waals surface area contributed by atoms with Gasteiger partial charge in [-0.3, -0.25) is 14.3 Å². The van der Waals surface area contributed by atoms with Crippen molar-refractivity contribution in [1.29, 1.82) is 0 Å². The second-order valence-corrected chi connectivity index (χ2v) is 11.5. The molecule has 2 N–H and O–H groups in total. The minimum Gasteiger partial charge on any atom is -0.320 e. The normalized spacial score (nSPS) is 28.4. The van der Waals surface area contributed by atoms with Gasteiger partial charge in [-0.2, -0.15) is 0 Å². The molecule has 7 nitrogen and oxygen atoms in total. The van der Waals surface area contributed by atoms with Crippen molar-refractivity contribution in [3.05, 3.63) is 34.6 Å². The summed E-state index contributed by atoms with van der Waals surface area (Å²) < 4.78 is 13.7. The SMILES string of the molecule is O=c1c(P(=O)(O)O)nc2ccccc2n1C1C[C@H]2CCC[C@@H](C1)N2C1CCCCCCC1. The predicted octanol–water partition coefficient (Wildman–Crippen LogP) is 3.87. The van der Waals surface area contributed by atoms with Crippen LogP contribution < -0.4 is 11.0 Å². The van der Waals surface area contributed by atoms with Crippen LogP contribution in [0, 0.1) is 0 Å². The Kier molecular flexibility index (Phi) is 6.28. The molecule has 3 aliphatic rings. The van der Waals surface area contributed by atoms with Crippen LogP contribution in [0.2, 0.25) is 0 Å². The first-order valence-electron chi connectivity index (χ1n) is 12.3. The number of rotatable bonds is 3. The first-order valence-corrected chi connectivity index (χ1v) is 13.9. The summed E-state index contributed by atoms with van der Waals surface area (Å²) in [5, 5.41) is 0. The van der Waals surface area contributed by atoms with Gasteiger partial charge in [-0.1, -0.05) is 50.7 Å². The van der Waals surface area contributed by atoms with Gasteiger partial charge >= 0.3 is 7.60 Å². The lowest BCUT2D eigenvalue weighted by atomic mass is 9.79. The molecule has 1 unspecified atom stereocenters. The van der Waals surface area contributed by atoms with Crippen molar-refractivity contribution in [2.24, 2.45) is 0 Å². The van der Waals surface area contributed by atoms with Gasteiger partial charge in [0.1, 0.15) is 0 Å². The van der Waals surface area contributed by atoms with E-state index in [1.165, 1.54) is 51.4 Å². The monoisotopic (exact) mass is 459 g/mol. The summed E-state index contributed by atoms with van der Waals surface area (Å²) >= 11 is 0. The molecule has 0 radical (unpaired) electrons. The van der Waals surface area contributed by atoms with Crippen molar-refractivity contribution in [3.8, 4) is 0 Å². The van der Waals surface area contributed by atoms with Crippen molar-refractivity contribution in [2.45, 2.75) is 101 Å². The molecule has 1 aromatic heterocycles. The zero-order chi connectivity index (χ0) is 22.3. The van der Waals surface area contributed by atoms with Crippen LogP contribution in [0.3, 0.4) is 0 Å². The molecule has 3 fully saturated rings. The average Bonchev–Trinajstić information content (AvgIpc) is 2.72. The van der Waals surface area contributed by atoms with E-state index < -0.39 is 18.6 Å². The number of fused-ring (bicyclic) bond motifs is 3. The quantitative estimate of drug-likeness (QED) is 0.677. The Morgan fingerprint density at radius 1 is 0.812 bits per heavy atom. The Hall–Kier alpha value is -1.53. The predicted molar refractivity (Wildman–Crippen MR) is 125 cm³/mol. The smallest absolute Gasteiger partial charge is 0.320 e. The number of hydrogen-bond acceptors (Lipinski definition) is 4. The zero-order valence-electron chi connectivity index (χ0n) is 18.6. The van der Waals surface area contributed by atoms with Gasteiger partial charge < -0.3 is 14.4 Å². The molecule has 3 atom stereocenters. The minimum atomic E-state index is -4.76. The van der Waals surface area contributed by atoms with Crippen LogP contribution in [-0.2, 0) is 4.57 Å². The topological polar surface area (TPSA) is 95.7 Å². The fraction of sp³-hybridized carbons (Fsp3) is 0.667. The first kappa shape index (κ1) is 22.3. The minimum absolute atomic E-state index is 0.0548. The number of benzene rings is 1. The summed E-state index contributed by atoms with van der Waals surface area (Å²) in [6.45, 7) is 0. The highest BCUT2D eigenvalue weighted by molar-refractivity contribution is 7.59. The average molecular weight is 460 g/mol. The maximum atomic E-state index is 13.3. The second-order valence-electron chi connectivity index (χ2n) is 9.95. The molecule has 1 aliphatic carbocycles. The van der Waals surface area contributed by atoms with Crippen molar-refractivity contribution >= 4 is 24.1 Å². The number of para-hydroxylation sites is 2. The lowest BCUT2D eigenvalue weighted by Gasteiger charge is -2.53. The Labute approximate surface area is 189 Å². The van der Waals surface area contributed by atoms with Crippen LogP contribution in [-0.4, -0.2) is 42.4 Å². The Morgan fingerprint density at radius 3 is 2.06 bits per heavy atom. The molecule has 2 saturated heterocycles. The van der Waals surface area contributed by atoms with Crippen molar-refractivity contribution in [1.82, 2.24) is 14.5 Å².